The zero-order valence-corrected chi connectivity index (χ0v) is 12.0. The third-order valence-electron chi connectivity index (χ3n) is 2.82. The summed E-state index contributed by atoms with van der Waals surface area (Å²) in [6.45, 7) is 3.92. The van der Waals surface area contributed by atoms with E-state index >= 15 is 0 Å². The first kappa shape index (κ1) is 14.5. The van der Waals surface area contributed by atoms with E-state index in [1.54, 1.807) is 26.0 Å². The predicted molar refractivity (Wildman–Crippen MR) is 77.4 cm³/mol. The second kappa shape index (κ2) is 6.00. The Morgan fingerprint density at radius 2 is 2.15 bits per heavy atom. The van der Waals surface area contributed by atoms with E-state index in [1.165, 1.54) is 23.5 Å². The van der Waals surface area contributed by atoms with Crippen molar-refractivity contribution in [3.63, 3.8) is 0 Å². The molecule has 0 fully saturated rings. The summed E-state index contributed by atoms with van der Waals surface area (Å²) in [4.78, 5) is 24.0. The minimum Gasteiger partial charge on any atom is -0.355 e. The van der Waals surface area contributed by atoms with Gasteiger partial charge in [0.2, 0.25) is 5.91 Å². The maximum Gasteiger partial charge on any atom is 0.262 e. The number of amides is 2. The van der Waals surface area contributed by atoms with Gasteiger partial charge in [0.1, 0.15) is 11.9 Å². The van der Waals surface area contributed by atoms with Crippen molar-refractivity contribution in [1.29, 1.82) is 0 Å². The van der Waals surface area contributed by atoms with Crippen molar-refractivity contribution in [3.05, 3.63) is 35.0 Å². The molecular formula is C14H15FN2O2S. The molecule has 2 rings (SSSR count). The number of likely N-dealkylation sites (N-methyl/N-ethyl adjacent to an activating group) is 1. The highest BCUT2D eigenvalue weighted by Crippen LogP contribution is 2.27. The van der Waals surface area contributed by atoms with E-state index in [0.29, 0.717) is 21.5 Å². The van der Waals surface area contributed by atoms with Crippen molar-refractivity contribution in [3.8, 4) is 0 Å². The molecule has 0 saturated carbocycles. The Labute approximate surface area is 120 Å². The smallest absolute Gasteiger partial charge is 0.262 e. The molecule has 0 spiro atoms. The lowest BCUT2D eigenvalue weighted by Crippen LogP contribution is -2.44. The molecule has 1 atom stereocenters. The molecule has 0 aliphatic carbocycles. The van der Waals surface area contributed by atoms with Crippen LogP contribution in [-0.2, 0) is 4.79 Å². The average Bonchev–Trinajstić information content (AvgIpc) is 2.84. The topological polar surface area (TPSA) is 58.2 Å². The molecule has 1 unspecified atom stereocenters. The summed E-state index contributed by atoms with van der Waals surface area (Å²) >= 11 is 1.20. The average molecular weight is 294 g/mol. The third kappa shape index (κ3) is 2.96. The predicted octanol–water partition coefficient (Wildman–Crippen LogP) is 2.29. The lowest BCUT2D eigenvalue weighted by Gasteiger charge is -2.12. The van der Waals surface area contributed by atoms with Gasteiger partial charge in [0.15, 0.2) is 0 Å². The number of benzene rings is 1. The molecule has 2 N–H and O–H groups in total. The van der Waals surface area contributed by atoms with Crippen LogP contribution < -0.4 is 10.6 Å². The Kier molecular flexibility index (Phi) is 4.34. The molecule has 6 heteroatoms. The standard InChI is InChI=1S/C14H15FN2O2S/c1-3-16-13(18)8(2)17-14(19)12-7-9-10(15)5-4-6-11(9)20-12/h4-8H,3H2,1-2H3,(H,16,18)(H,17,19). The van der Waals surface area contributed by atoms with Crippen LogP contribution in [0.15, 0.2) is 24.3 Å². The molecule has 1 heterocycles. The number of rotatable bonds is 4. The van der Waals surface area contributed by atoms with Crippen LogP contribution in [0.1, 0.15) is 23.5 Å². The van der Waals surface area contributed by atoms with Gasteiger partial charge in [-0.3, -0.25) is 9.59 Å². The number of fused-ring (bicyclic) bond motifs is 1. The van der Waals surface area contributed by atoms with Gasteiger partial charge in [-0.15, -0.1) is 11.3 Å². The number of nitrogens with one attached hydrogen (secondary N) is 2. The summed E-state index contributed by atoms with van der Waals surface area (Å²) in [5, 5.41) is 5.65. The number of hydrogen-bond acceptors (Lipinski definition) is 3. The van der Waals surface area contributed by atoms with Gasteiger partial charge in [-0.1, -0.05) is 6.07 Å². The Bertz CT molecular complexity index is 654. The second-order valence-electron chi connectivity index (χ2n) is 4.35. The fourth-order valence-electron chi connectivity index (χ4n) is 1.80. The summed E-state index contributed by atoms with van der Waals surface area (Å²) in [6.07, 6.45) is 0. The molecular weight excluding hydrogens is 279 g/mol. The van der Waals surface area contributed by atoms with E-state index in [9.17, 15) is 14.0 Å². The maximum absolute atomic E-state index is 13.6. The third-order valence-corrected chi connectivity index (χ3v) is 3.92. The van der Waals surface area contributed by atoms with Gasteiger partial charge >= 0.3 is 0 Å². The Balaban J connectivity index is 2.15. The van der Waals surface area contributed by atoms with Crippen LogP contribution in [0.2, 0.25) is 0 Å². The van der Waals surface area contributed by atoms with Gasteiger partial charge in [-0.2, -0.15) is 0 Å². The zero-order chi connectivity index (χ0) is 14.7. The molecule has 106 valence electrons. The SMILES string of the molecule is CCNC(=O)C(C)NC(=O)c1cc2c(F)cccc2s1. The zero-order valence-electron chi connectivity index (χ0n) is 11.2. The van der Waals surface area contributed by atoms with Crippen LogP contribution >= 0.6 is 11.3 Å². The summed E-state index contributed by atoms with van der Waals surface area (Å²) in [5.74, 6) is -0.966. The fraction of sp³-hybridized carbons (Fsp3) is 0.286. The van der Waals surface area contributed by atoms with Crippen LogP contribution in [0.5, 0.6) is 0 Å². The highest BCUT2D eigenvalue weighted by Gasteiger charge is 2.18. The largest absolute Gasteiger partial charge is 0.355 e. The van der Waals surface area contributed by atoms with Gasteiger partial charge in [0, 0.05) is 16.6 Å². The molecule has 0 aliphatic rings. The van der Waals surface area contributed by atoms with Gasteiger partial charge in [0.05, 0.1) is 4.88 Å². The van der Waals surface area contributed by atoms with Crippen LogP contribution in [0, 0.1) is 5.82 Å². The van der Waals surface area contributed by atoms with Gasteiger partial charge in [-0.25, -0.2) is 4.39 Å². The van der Waals surface area contributed by atoms with E-state index in [1.807, 2.05) is 0 Å². The number of thiophene rings is 1. The van der Waals surface area contributed by atoms with E-state index in [0.717, 1.165) is 0 Å². The molecule has 20 heavy (non-hydrogen) atoms. The van der Waals surface area contributed by atoms with E-state index in [2.05, 4.69) is 10.6 Å². The molecule has 0 radical (unpaired) electrons. The summed E-state index contributed by atoms with van der Waals surface area (Å²) < 4.78 is 14.3. The van der Waals surface area contributed by atoms with E-state index in [-0.39, 0.29) is 17.6 Å². The first-order valence-electron chi connectivity index (χ1n) is 6.29. The lowest BCUT2D eigenvalue weighted by molar-refractivity contribution is -0.122. The molecule has 1 aromatic heterocycles. The number of carbonyl (C=O) groups is 2. The molecule has 0 bridgehead atoms. The molecule has 0 saturated heterocycles. The Hall–Kier alpha value is -1.95. The first-order chi connectivity index (χ1) is 9.52. The number of carbonyl (C=O) groups excluding carboxylic acids is 2. The monoisotopic (exact) mass is 294 g/mol. The molecule has 0 aliphatic heterocycles. The fourth-order valence-corrected chi connectivity index (χ4v) is 2.78. The van der Waals surface area contributed by atoms with Crippen LogP contribution in [0.3, 0.4) is 0 Å². The summed E-state index contributed by atoms with van der Waals surface area (Å²) in [5.41, 5.74) is 0. The lowest BCUT2D eigenvalue weighted by atomic mass is 10.2. The van der Waals surface area contributed by atoms with Crippen molar-refractivity contribution in [2.45, 2.75) is 19.9 Å². The minimum absolute atomic E-state index is 0.242. The number of halogens is 1. The Morgan fingerprint density at radius 1 is 1.40 bits per heavy atom. The second-order valence-corrected chi connectivity index (χ2v) is 5.44. The van der Waals surface area contributed by atoms with Crippen molar-refractivity contribution >= 4 is 33.2 Å². The van der Waals surface area contributed by atoms with E-state index in [4.69, 9.17) is 0 Å². The maximum atomic E-state index is 13.6. The summed E-state index contributed by atoms with van der Waals surface area (Å²) in [7, 11) is 0. The first-order valence-corrected chi connectivity index (χ1v) is 7.11. The van der Waals surface area contributed by atoms with Crippen molar-refractivity contribution in [2.75, 3.05) is 6.54 Å². The quantitative estimate of drug-likeness (QED) is 0.909. The molecule has 2 amide bonds. The normalized spacial score (nSPS) is 12.2. The van der Waals surface area contributed by atoms with Gasteiger partial charge in [0.25, 0.3) is 5.91 Å². The van der Waals surface area contributed by atoms with Crippen LogP contribution in [0.25, 0.3) is 10.1 Å². The van der Waals surface area contributed by atoms with E-state index < -0.39 is 6.04 Å². The molecule has 1 aromatic carbocycles. The minimum atomic E-state index is -0.627. The Morgan fingerprint density at radius 3 is 2.80 bits per heavy atom. The molecule has 4 nitrogen and oxygen atoms in total. The van der Waals surface area contributed by atoms with Crippen molar-refractivity contribution in [1.82, 2.24) is 10.6 Å². The van der Waals surface area contributed by atoms with Crippen molar-refractivity contribution < 1.29 is 14.0 Å². The number of hydrogen-bond donors (Lipinski definition) is 2. The van der Waals surface area contributed by atoms with Gasteiger partial charge in [-0.05, 0) is 32.0 Å². The summed E-state index contributed by atoms with van der Waals surface area (Å²) in [6, 6.07) is 5.60. The van der Waals surface area contributed by atoms with Crippen LogP contribution in [-0.4, -0.2) is 24.4 Å². The van der Waals surface area contributed by atoms with Crippen molar-refractivity contribution in [2.24, 2.45) is 0 Å². The van der Waals surface area contributed by atoms with Gasteiger partial charge < -0.3 is 10.6 Å². The highest BCUT2D eigenvalue weighted by atomic mass is 32.1. The highest BCUT2D eigenvalue weighted by molar-refractivity contribution is 7.20. The van der Waals surface area contributed by atoms with Crippen LogP contribution in [0.4, 0.5) is 4.39 Å². The molecule has 2 aromatic rings.